The van der Waals surface area contributed by atoms with Crippen molar-refractivity contribution in [3.05, 3.63) is 65.0 Å². The van der Waals surface area contributed by atoms with E-state index in [1.54, 1.807) is 14.0 Å². The Morgan fingerprint density at radius 2 is 1.96 bits per heavy atom. The summed E-state index contributed by atoms with van der Waals surface area (Å²) in [6.45, 7) is 6.11. The van der Waals surface area contributed by atoms with Gasteiger partial charge in [0.25, 0.3) is 0 Å². The highest BCUT2D eigenvalue weighted by molar-refractivity contribution is 5.84. The molecule has 2 heterocycles. The smallest absolute Gasteiger partial charge is 0.213 e. The van der Waals surface area contributed by atoms with Crippen molar-refractivity contribution in [2.45, 2.75) is 39.2 Å². The van der Waals surface area contributed by atoms with Gasteiger partial charge in [-0.25, -0.2) is 9.37 Å². The third kappa shape index (κ3) is 3.03. The monoisotopic (exact) mass is 365 g/mol. The molecule has 0 fully saturated rings. The lowest BCUT2D eigenvalue weighted by Crippen LogP contribution is -2.26. The normalized spacial score (nSPS) is 18.6. The fourth-order valence-electron chi connectivity index (χ4n) is 4.04. The van der Waals surface area contributed by atoms with Gasteiger partial charge in [0.05, 0.1) is 7.11 Å². The summed E-state index contributed by atoms with van der Waals surface area (Å²) >= 11 is 0. The largest absolute Gasteiger partial charge is 0.489 e. The molecule has 140 valence electrons. The molecule has 4 heteroatoms. The molecule has 0 bridgehead atoms. The molecule has 2 unspecified atom stereocenters. The number of benzene rings is 2. The van der Waals surface area contributed by atoms with Gasteiger partial charge in [0.2, 0.25) is 5.88 Å². The first kappa shape index (κ1) is 17.8. The third-order valence-electron chi connectivity index (χ3n) is 5.46. The third-order valence-corrected chi connectivity index (χ3v) is 5.46. The van der Waals surface area contributed by atoms with Crippen LogP contribution in [-0.2, 0) is 6.42 Å². The van der Waals surface area contributed by atoms with Gasteiger partial charge in [-0.2, -0.15) is 0 Å². The number of ether oxygens (including phenoxy) is 2. The Bertz CT molecular complexity index is 999. The van der Waals surface area contributed by atoms with E-state index < -0.39 is 0 Å². The number of methoxy groups -OCH3 is 1. The lowest BCUT2D eigenvalue weighted by molar-refractivity contribution is 0.152. The zero-order valence-electron chi connectivity index (χ0n) is 16.1. The van der Waals surface area contributed by atoms with Gasteiger partial charge in [0.15, 0.2) is 5.82 Å². The van der Waals surface area contributed by atoms with Crippen molar-refractivity contribution in [2.75, 3.05) is 7.11 Å². The van der Waals surface area contributed by atoms with Crippen molar-refractivity contribution >= 4 is 10.9 Å². The Balaban J connectivity index is 1.84. The van der Waals surface area contributed by atoms with E-state index in [9.17, 15) is 4.39 Å². The van der Waals surface area contributed by atoms with Crippen molar-refractivity contribution in [3.63, 3.8) is 0 Å². The number of aromatic nitrogens is 1. The molecule has 2 atom stereocenters. The van der Waals surface area contributed by atoms with Gasteiger partial charge in [-0.05, 0) is 36.5 Å². The lowest BCUT2D eigenvalue weighted by atomic mass is 9.84. The first-order valence-electron chi connectivity index (χ1n) is 9.38. The molecular weight excluding hydrogens is 341 g/mol. The Hall–Kier alpha value is -2.62. The highest BCUT2D eigenvalue weighted by atomic mass is 19.1. The number of pyridine rings is 1. The molecule has 1 aliphatic heterocycles. The van der Waals surface area contributed by atoms with Gasteiger partial charge >= 0.3 is 0 Å². The Labute approximate surface area is 159 Å². The van der Waals surface area contributed by atoms with Crippen LogP contribution in [-0.4, -0.2) is 18.2 Å². The highest BCUT2D eigenvalue weighted by Gasteiger charge is 2.36. The van der Waals surface area contributed by atoms with Crippen molar-refractivity contribution < 1.29 is 13.9 Å². The summed E-state index contributed by atoms with van der Waals surface area (Å²) in [4.78, 5) is 4.36. The summed E-state index contributed by atoms with van der Waals surface area (Å²) in [6, 6.07) is 13.9. The minimum atomic E-state index is -0.281. The molecule has 0 saturated carbocycles. The van der Waals surface area contributed by atoms with Gasteiger partial charge < -0.3 is 9.47 Å². The number of aryl methyl sites for hydroxylation is 1. The second-order valence-electron chi connectivity index (χ2n) is 7.59. The first-order valence-corrected chi connectivity index (χ1v) is 9.38. The molecule has 4 rings (SSSR count). The van der Waals surface area contributed by atoms with E-state index in [0.717, 1.165) is 23.1 Å². The summed E-state index contributed by atoms with van der Waals surface area (Å²) in [5.74, 6) is 1.69. The fourth-order valence-corrected chi connectivity index (χ4v) is 4.04. The van der Waals surface area contributed by atoms with Gasteiger partial charge in [0, 0.05) is 22.9 Å². The number of halogens is 1. The van der Waals surface area contributed by atoms with Gasteiger partial charge in [-0.1, -0.05) is 44.2 Å². The second-order valence-corrected chi connectivity index (χ2v) is 7.59. The van der Waals surface area contributed by atoms with Crippen LogP contribution in [0.3, 0.4) is 0 Å². The number of fused-ring (bicyclic) bond motifs is 2. The molecule has 0 radical (unpaired) electrons. The van der Waals surface area contributed by atoms with Crippen molar-refractivity contribution in [1.82, 2.24) is 4.98 Å². The van der Waals surface area contributed by atoms with E-state index in [-0.39, 0.29) is 17.8 Å². The minimum Gasteiger partial charge on any atom is -0.489 e. The molecule has 3 nitrogen and oxygen atoms in total. The maximum atomic E-state index is 14.7. The molecular formula is C23H24FNO2. The van der Waals surface area contributed by atoms with E-state index in [1.165, 1.54) is 5.56 Å². The van der Waals surface area contributed by atoms with Crippen LogP contribution >= 0.6 is 0 Å². The van der Waals surface area contributed by atoms with E-state index in [1.807, 2.05) is 36.4 Å². The zero-order chi connectivity index (χ0) is 19.1. The van der Waals surface area contributed by atoms with Gasteiger partial charge in [0.1, 0.15) is 17.4 Å². The summed E-state index contributed by atoms with van der Waals surface area (Å²) in [6.07, 6.45) is 0.837. The molecule has 1 aromatic heterocycles. The van der Waals surface area contributed by atoms with Crippen LogP contribution in [0.4, 0.5) is 4.39 Å². The van der Waals surface area contributed by atoms with E-state index in [0.29, 0.717) is 22.9 Å². The van der Waals surface area contributed by atoms with Crippen LogP contribution in [0.5, 0.6) is 11.6 Å². The molecule has 3 aromatic rings. The Morgan fingerprint density at radius 1 is 1.19 bits per heavy atom. The molecule has 0 saturated heterocycles. The maximum Gasteiger partial charge on any atom is 0.213 e. The van der Waals surface area contributed by atoms with Gasteiger partial charge in [-0.3, -0.25) is 0 Å². The number of rotatable bonds is 4. The highest BCUT2D eigenvalue weighted by Crippen LogP contribution is 2.43. The van der Waals surface area contributed by atoms with Crippen LogP contribution < -0.4 is 9.47 Å². The quantitative estimate of drug-likeness (QED) is 0.617. The predicted molar refractivity (Wildman–Crippen MR) is 105 cm³/mol. The molecule has 1 aliphatic rings. The van der Waals surface area contributed by atoms with Crippen LogP contribution in [0, 0.1) is 18.7 Å². The zero-order valence-corrected chi connectivity index (χ0v) is 16.1. The van der Waals surface area contributed by atoms with Crippen molar-refractivity contribution in [3.8, 4) is 11.6 Å². The van der Waals surface area contributed by atoms with Gasteiger partial charge in [-0.15, -0.1) is 0 Å². The van der Waals surface area contributed by atoms with Crippen LogP contribution in [0.1, 0.15) is 36.5 Å². The summed E-state index contributed by atoms with van der Waals surface area (Å²) in [5, 5.41) is 0.839. The standard InChI is InChI=1S/C23H24FNO2/c1-13(2)23-18(17-7-5-6-8-19(17)27-23)11-15-12-20(26-4)25-22-16(15)10-9-14(3)21(22)24/h5-10,12-13,18,23H,11H2,1-4H3. The SMILES string of the molecule is COc1cc(CC2c3ccccc3OC2C(C)C)c2ccc(C)c(F)c2n1. The summed E-state index contributed by atoms with van der Waals surface area (Å²) < 4.78 is 26.3. The van der Waals surface area contributed by atoms with Crippen molar-refractivity contribution in [2.24, 2.45) is 5.92 Å². The topological polar surface area (TPSA) is 31.4 Å². The minimum absolute atomic E-state index is 0.0897. The van der Waals surface area contributed by atoms with Crippen molar-refractivity contribution in [1.29, 1.82) is 0 Å². The number of hydrogen-bond acceptors (Lipinski definition) is 3. The molecule has 0 N–H and O–H groups in total. The predicted octanol–water partition coefficient (Wildman–Crippen LogP) is 5.43. The van der Waals surface area contributed by atoms with Crippen LogP contribution in [0.2, 0.25) is 0 Å². The Kier molecular flexibility index (Phi) is 4.50. The maximum absolute atomic E-state index is 14.7. The van der Waals surface area contributed by atoms with E-state index >= 15 is 0 Å². The summed E-state index contributed by atoms with van der Waals surface area (Å²) in [7, 11) is 1.57. The molecule has 2 aromatic carbocycles. The van der Waals surface area contributed by atoms with Crippen LogP contribution in [0.25, 0.3) is 10.9 Å². The average molecular weight is 365 g/mol. The molecule has 0 amide bonds. The number of para-hydroxylation sites is 1. The molecule has 27 heavy (non-hydrogen) atoms. The van der Waals surface area contributed by atoms with Crippen LogP contribution in [0.15, 0.2) is 42.5 Å². The Morgan fingerprint density at radius 3 is 2.70 bits per heavy atom. The molecule has 0 spiro atoms. The first-order chi connectivity index (χ1) is 13.0. The number of hydrogen-bond donors (Lipinski definition) is 0. The van der Waals surface area contributed by atoms with E-state index in [2.05, 4.69) is 24.9 Å². The molecule has 0 aliphatic carbocycles. The second kappa shape index (κ2) is 6.84. The fraction of sp³-hybridized carbons (Fsp3) is 0.348. The van der Waals surface area contributed by atoms with E-state index in [4.69, 9.17) is 9.47 Å². The number of nitrogens with zero attached hydrogens (tertiary/aromatic N) is 1. The lowest BCUT2D eigenvalue weighted by Gasteiger charge is -2.23. The average Bonchev–Trinajstić information content (AvgIpc) is 3.03. The summed E-state index contributed by atoms with van der Waals surface area (Å²) in [5.41, 5.74) is 3.21.